The molecular formula is C29H40F2O2. The van der Waals surface area contributed by atoms with E-state index in [-0.39, 0.29) is 12.2 Å². The van der Waals surface area contributed by atoms with E-state index in [0.29, 0.717) is 43.1 Å². The maximum atomic E-state index is 14.8. The molecule has 0 bridgehead atoms. The highest BCUT2D eigenvalue weighted by molar-refractivity contribution is 5.67. The predicted molar refractivity (Wildman–Crippen MR) is 132 cm³/mol. The van der Waals surface area contributed by atoms with Gasteiger partial charge in [0.1, 0.15) is 0 Å². The fourth-order valence-electron chi connectivity index (χ4n) is 4.55. The van der Waals surface area contributed by atoms with Crippen molar-refractivity contribution in [1.29, 1.82) is 0 Å². The lowest BCUT2D eigenvalue weighted by molar-refractivity contribution is -0.218. The van der Waals surface area contributed by atoms with Crippen molar-refractivity contribution in [2.24, 2.45) is 11.8 Å². The number of allylic oxidation sites excluding steroid dienone is 5. The van der Waals surface area contributed by atoms with Gasteiger partial charge in [-0.25, -0.2) is 8.78 Å². The average Bonchev–Trinajstić information content (AvgIpc) is 2.85. The lowest BCUT2D eigenvalue weighted by Crippen LogP contribution is -2.37. The molecule has 1 atom stereocenters. The van der Waals surface area contributed by atoms with Crippen LogP contribution in [0.15, 0.2) is 42.5 Å². The molecule has 1 aromatic rings. The number of hydrogen-bond donors (Lipinski definition) is 0. The molecule has 3 rings (SSSR count). The second-order valence-electron chi connectivity index (χ2n) is 9.33. The summed E-state index contributed by atoms with van der Waals surface area (Å²) in [5, 5.41) is 0. The Balaban J connectivity index is 1.51. The Morgan fingerprint density at radius 3 is 2.42 bits per heavy atom. The molecular weight excluding hydrogens is 418 g/mol. The minimum Gasteiger partial charge on any atom is -0.352 e. The molecule has 1 fully saturated rings. The summed E-state index contributed by atoms with van der Waals surface area (Å²) < 4.78 is 41.5. The first kappa shape index (κ1) is 25.8. The van der Waals surface area contributed by atoms with Crippen LogP contribution in [-0.2, 0) is 15.9 Å². The predicted octanol–water partition coefficient (Wildman–Crippen LogP) is 8.17. The summed E-state index contributed by atoms with van der Waals surface area (Å²) in [6.07, 6.45) is 19.7. The molecule has 1 heterocycles. The van der Waals surface area contributed by atoms with E-state index in [9.17, 15) is 8.78 Å². The van der Waals surface area contributed by atoms with Gasteiger partial charge in [-0.3, -0.25) is 0 Å². The molecule has 1 saturated heterocycles. The minimum atomic E-state index is -0.711. The van der Waals surface area contributed by atoms with Crippen molar-refractivity contribution in [3.63, 3.8) is 0 Å². The zero-order valence-corrected chi connectivity index (χ0v) is 20.3. The number of ether oxygens (including phenoxy) is 2. The molecule has 2 aliphatic rings. The van der Waals surface area contributed by atoms with Crippen LogP contribution in [0, 0.1) is 23.5 Å². The van der Waals surface area contributed by atoms with Crippen molar-refractivity contribution >= 4 is 5.57 Å². The summed E-state index contributed by atoms with van der Waals surface area (Å²) in [5.41, 5.74) is 1.75. The van der Waals surface area contributed by atoms with E-state index in [2.05, 4.69) is 38.2 Å². The molecule has 1 unspecified atom stereocenters. The highest BCUT2D eigenvalue weighted by Crippen LogP contribution is 2.36. The first-order valence-corrected chi connectivity index (χ1v) is 12.8. The van der Waals surface area contributed by atoms with Gasteiger partial charge in [0.15, 0.2) is 17.9 Å². The number of halogens is 2. The van der Waals surface area contributed by atoms with Gasteiger partial charge in [-0.1, -0.05) is 75.6 Å². The van der Waals surface area contributed by atoms with Gasteiger partial charge in [-0.15, -0.1) is 0 Å². The third-order valence-electron chi connectivity index (χ3n) is 6.63. The van der Waals surface area contributed by atoms with Crippen molar-refractivity contribution in [3.8, 4) is 0 Å². The first-order chi connectivity index (χ1) is 16.1. The van der Waals surface area contributed by atoms with E-state index in [1.807, 2.05) is 6.08 Å². The van der Waals surface area contributed by atoms with Gasteiger partial charge < -0.3 is 9.47 Å². The summed E-state index contributed by atoms with van der Waals surface area (Å²) >= 11 is 0. The van der Waals surface area contributed by atoms with E-state index in [4.69, 9.17) is 9.47 Å². The average molecular weight is 459 g/mol. The maximum absolute atomic E-state index is 14.8. The molecule has 1 aromatic carbocycles. The van der Waals surface area contributed by atoms with Crippen molar-refractivity contribution < 1.29 is 18.3 Å². The van der Waals surface area contributed by atoms with Gasteiger partial charge in [0.05, 0.1) is 13.2 Å². The highest BCUT2D eigenvalue weighted by atomic mass is 19.2. The molecule has 0 spiro atoms. The molecule has 0 radical (unpaired) electrons. The van der Waals surface area contributed by atoms with E-state index >= 15 is 0 Å². The quantitative estimate of drug-likeness (QED) is 0.246. The Morgan fingerprint density at radius 1 is 0.939 bits per heavy atom. The van der Waals surface area contributed by atoms with Gasteiger partial charge in [-0.2, -0.15) is 0 Å². The van der Waals surface area contributed by atoms with Crippen molar-refractivity contribution in [3.05, 3.63) is 65.3 Å². The summed E-state index contributed by atoms with van der Waals surface area (Å²) in [5.74, 6) is -0.819. The second kappa shape index (κ2) is 13.8. The number of rotatable bonds is 11. The van der Waals surface area contributed by atoms with Crippen LogP contribution in [0.5, 0.6) is 0 Å². The van der Waals surface area contributed by atoms with Crippen molar-refractivity contribution in [1.82, 2.24) is 0 Å². The molecule has 1 aliphatic carbocycles. The standard InChI is InChI=1S/C29H40F2O2/c1-3-5-7-9-11-13-24-18-19-26(28(31)27(24)30)23-14-16-25(17-15-23)29-32-20-22(21-33-29)12-10-8-6-4-2/h7,9-10,12,14,18-19,22,25,29H,3-6,8,11,13,15-17,20-21H2,1-2H3/b9-7+,12-10+. The summed E-state index contributed by atoms with van der Waals surface area (Å²) in [6.45, 7) is 5.70. The fourth-order valence-corrected chi connectivity index (χ4v) is 4.55. The van der Waals surface area contributed by atoms with Crippen LogP contribution in [0.2, 0.25) is 0 Å². The van der Waals surface area contributed by atoms with Crippen LogP contribution in [0.25, 0.3) is 5.57 Å². The smallest absolute Gasteiger partial charge is 0.166 e. The topological polar surface area (TPSA) is 18.5 Å². The Bertz CT molecular complexity index is 819. The zero-order valence-electron chi connectivity index (χ0n) is 20.3. The number of benzene rings is 1. The van der Waals surface area contributed by atoms with E-state index in [1.54, 1.807) is 12.1 Å². The van der Waals surface area contributed by atoms with Crippen LogP contribution in [-0.4, -0.2) is 19.5 Å². The second-order valence-corrected chi connectivity index (χ2v) is 9.33. The third kappa shape index (κ3) is 7.61. The van der Waals surface area contributed by atoms with Crippen LogP contribution >= 0.6 is 0 Å². The van der Waals surface area contributed by atoms with Gasteiger partial charge in [-0.05, 0) is 56.1 Å². The Hall–Kier alpha value is -1.78. The van der Waals surface area contributed by atoms with Crippen LogP contribution in [0.4, 0.5) is 8.78 Å². The molecule has 182 valence electrons. The fraction of sp³-hybridized carbons (Fsp3) is 0.586. The largest absolute Gasteiger partial charge is 0.352 e. The van der Waals surface area contributed by atoms with E-state index in [0.717, 1.165) is 44.1 Å². The molecule has 0 aromatic heterocycles. The number of aryl methyl sites for hydroxylation is 1. The normalized spacial score (nSPS) is 24.0. The van der Waals surface area contributed by atoms with Crippen LogP contribution < -0.4 is 0 Å². The van der Waals surface area contributed by atoms with Gasteiger partial charge in [0.2, 0.25) is 0 Å². The van der Waals surface area contributed by atoms with Gasteiger partial charge in [0.25, 0.3) is 0 Å². The third-order valence-corrected chi connectivity index (χ3v) is 6.63. The molecule has 4 heteroatoms. The summed E-state index contributed by atoms with van der Waals surface area (Å²) in [6, 6.07) is 3.49. The van der Waals surface area contributed by atoms with Crippen molar-refractivity contribution in [2.75, 3.05) is 13.2 Å². The van der Waals surface area contributed by atoms with Crippen molar-refractivity contribution in [2.45, 2.75) is 84.3 Å². The highest BCUT2D eigenvalue weighted by Gasteiger charge is 2.30. The molecule has 2 nitrogen and oxygen atoms in total. The molecule has 33 heavy (non-hydrogen) atoms. The first-order valence-electron chi connectivity index (χ1n) is 12.8. The molecule has 0 amide bonds. The maximum Gasteiger partial charge on any atom is 0.166 e. The lowest BCUT2D eigenvalue weighted by Gasteiger charge is -2.35. The lowest BCUT2D eigenvalue weighted by atomic mass is 9.85. The number of unbranched alkanes of at least 4 members (excludes halogenated alkanes) is 3. The molecule has 0 saturated carbocycles. The Labute approximate surface area is 198 Å². The Morgan fingerprint density at radius 2 is 1.73 bits per heavy atom. The zero-order chi connectivity index (χ0) is 23.5. The minimum absolute atomic E-state index is 0.201. The SMILES string of the molecule is CCC/C=C/CCc1ccc(C2=CCC(C3OCC(/C=C/CCCC)CO3)CC2)c(F)c1F. The Kier molecular flexibility index (Phi) is 10.8. The van der Waals surface area contributed by atoms with Crippen LogP contribution in [0.3, 0.4) is 0 Å². The van der Waals surface area contributed by atoms with Gasteiger partial charge in [0, 0.05) is 17.4 Å². The van der Waals surface area contributed by atoms with Crippen LogP contribution in [0.1, 0.15) is 82.8 Å². The van der Waals surface area contributed by atoms with E-state index < -0.39 is 11.6 Å². The molecule has 1 aliphatic heterocycles. The summed E-state index contributed by atoms with van der Waals surface area (Å²) in [7, 11) is 0. The summed E-state index contributed by atoms with van der Waals surface area (Å²) in [4.78, 5) is 0. The molecule has 0 N–H and O–H groups in total. The monoisotopic (exact) mass is 458 g/mol. The van der Waals surface area contributed by atoms with E-state index in [1.165, 1.54) is 12.8 Å². The van der Waals surface area contributed by atoms with Gasteiger partial charge >= 0.3 is 0 Å². The number of hydrogen-bond acceptors (Lipinski definition) is 2.